The van der Waals surface area contributed by atoms with Crippen molar-refractivity contribution < 1.29 is 0 Å². The van der Waals surface area contributed by atoms with E-state index < -0.39 is 5.41 Å². The summed E-state index contributed by atoms with van der Waals surface area (Å²) in [6, 6.07) is 84.2. The van der Waals surface area contributed by atoms with Gasteiger partial charge in [0, 0.05) is 39.9 Å². The topological polar surface area (TPSA) is 64.5 Å². The second kappa shape index (κ2) is 16.6. The molecular formula is C64H41N5. The Morgan fingerprint density at radius 1 is 0.275 bits per heavy atom. The molecule has 0 radical (unpaired) electrons. The molecule has 0 unspecified atom stereocenters. The van der Waals surface area contributed by atoms with Gasteiger partial charge in [-0.05, 0) is 103 Å². The summed E-state index contributed by atoms with van der Waals surface area (Å²) < 4.78 is 0. The Labute approximate surface area is 400 Å². The first-order valence-corrected chi connectivity index (χ1v) is 23.3. The van der Waals surface area contributed by atoms with E-state index >= 15 is 0 Å². The zero-order valence-corrected chi connectivity index (χ0v) is 37.4. The van der Waals surface area contributed by atoms with Gasteiger partial charge in [-0.1, -0.05) is 200 Å². The summed E-state index contributed by atoms with van der Waals surface area (Å²) >= 11 is 0. The second-order valence-electron chi connectivity index (χ2n) is 17.6. The molecule has 0 fully saturated rings. The molecular weight excluding hydrogens is 839 g/mol. The molecule has 3 heterocycles. The summed E-state index contributed by atoms with van der Waals surface area (Å²) in [7, 11) is 0. The van der Waals surface area contributed by atoms with Gasteiger partial charge < -0.3 is 0 Å². The predicted octanol–water partition coefficient (Wildman–Crippen LogP) is 15.3. The molecule has 12 aromatic rings. The van der Waals surface area contributed by atoms with Crippen LogP contribution < -0.4 is 0 Å². The Bertz CT molecular complexity index is 3780. The minimum Gasteiger partial charge on any atom is -0.254 e. The fraction of sp³-hybridized carbons (Fsp3) is 0.0156. The first-order valence-electron chi connectivity index (χ1n) is 23.3. The van der Waals surface area contributed by atoms with E-state index in [1.54, 1.807) is 0 Å². The van der Waals surface area contributed by atoms with Gasteiger partial charge in [0.15, 0.2) is 17.5 Å². The number of hydrogen-bond donors (Lipinski definition) is 0. The number of hydrogen-bond acceptors (Lipinski definition) is 5. The highest BCUT2D eigenvalue weighted by atomic mass is 15.0. The van der Waals surface area contributed by atoms with Crippen LogP contribution in [-0.4, -0.2) is 24.9 Å². The molecule has 13 rings (SSSR count). The number of aromatic nitrogens is 5. The van der Waals surface area contributed by atoms with Gasteiger partial charge in [-0.25, -0.2) is 15.0 Å². The fourth-order valence-corrected chi connectivity index (χ4v) is 10.5. The second-order valence-corrected chi connectivity index (χ2v) is 17.6. The SMILES string of the molecule is c1ccc(-c2nc(-c3ccccc3)nc(-c3cc(-c4ccc(-c5ccnc6c5ccc5cccnc56)cc4)cc(-c4ccc5c(c4)-c4ccccc4C5(c4ccccc4)c4ccccc4)c3)n2)cc1. The van der Waals surface area contributed by atoms with Gasteiger partial charge in [-0.2, -0.15) is 0 Å². The average Bonchev–Trinajstić information content (AvgIpc) is 3.74. The van der Waals surface area contributed by atoms with Crippen LogP contribution in [0.1, 0.15) is 22.3 Å². The van der Waals surface area contributed by atoms with E-state index in [1.165, 1.54) is 33.4 Å². The lowest BCUT2D eigenvalue weighted by atomic mass is 9.67. The van der Waals surface area contributed by atoms with Crippen LogP contribution >= 0.6 is 0 Å². The number of pyridine rings is 2. The van der Waals surface area contributed by atoms with E-state index in [2.05, 4.69) is 194 Å². The molecule has 1 aliphatic rings. The minimum absolute atomic E-state index is 0.488. The van der Waals surface area contributed by atoms with Crippen molar-refractivity contribution in [3.63, 3.8) is 0 Å². The Kier molecular flexibility index (Phi) is 9.65. The molecule has 0 spiro atoms. The predicted molar refractivity (Wildman–Crippen MR) is 280 cm³/mol. The van der Waals surface area contributed by atoms with E-state index in [0.29, 0.717) is 17.5 Å². The van der Waals surface area contributed by atoms with Crippen molar-refractivity contribution in [1.82, 2.24) is 24.9 Å². The highest BCUT2D eigenvalue weighted by molar-refractivity contribution is 6.08. The van der Waals surface area contributed by atoms with Gasteiger partial charge in [-0.3, -0.25) is 9.97 Å². The van der Waals surface area contributed by atoms with E-state index in [1.807, 2.05) is 54.9 Å². The lowest BCUT2D eigenvalue weighted by Crippen LogP contribution is -2.28. The van der Waals surface area contributed by atoms with Crippen molar-refractivity contribution >= 4 is 21.8 Å². The van der Waals surface area contributed by atoms with Gasteiger partial charge in [0.05, 0.1) is 16.4 Å². The van der Waals surface area contributed by atoms with Gasteiger partial charge in [-0.15, -0.1) is 0 Å². The zero-order chi connectivity index (χ0) is 45.7. The monoisotopic (exact) mass is 879 g/mol. The summed E-state index contributed by atoms with van der Waals surface area (Å²) in [5.74, 6) is 1.84. The molecule has 0 N–H and O–H groups in total. The highest BCUT2D eigenvalue weighted by Crippen LogP contribution is 2.56. The third kappa shape index (κ3) is 6.82. The van der Waals surface area contributed by atoms with Crippen molar-refractivity contribution in [2.75, 3.05) is 0 Å². The van der Waals surface area contributed by atoms with Crippen molar-refractivity contribution in [2.24, 2.45) is 0 Å². The number of rotatable bonds is 8. The van der Waals surface area contributed by atoms with Crippen LogP contribution in [0, 0.1) is 0 Å². The maximum absolute atomic E-state index is 5.21. The first-order chi connectivity index (χ1) is 34.2. The molecule has 0 saturated carbocycles. The first kappa shape index (κ1) is 40.1. The van der Waals surface area contributed by atoms with Crippen molar-refractivity contribution in [3.8, 4) is 78.7 Å². The summed E-state index contributed by atoms with van der Waals surface area (Å²) in [5, 5.41) is 2.14. The third-order valence-electron chi connectivity index (χ3n) is 13.7. The third-order valence-corrected chi connectivity index (χ3v) is 13.7. The molecule has 9 aromatic carbocycles. The Hall–Kier alpha value is -9.19. The molecule has 0 atom stereocenters. The Balaban J connectivity index is 1.00. The van der Waals surface area contributed by atoms with Gasteiger partial charge in [0.1, 0.15) is 0 Å². The summed E-state index contributed by atoms with van der Waals surface area (Å²) in [5.41, 5.74) is 18.1. The highest BCUT2D eigenvalue weighted by Gasteiger charge is 2.46. The molecule has 0 saturated heterocycles. The van der Waals surface area contributed by atoms with Gasteiger partial charge in [0.2, 0.25) is 0 Å². The number of benzene rings is 9. The normalized spacial score (nSPS) is 12.5. The van der Waals surface area contributed by atoms with Crippen LogP contribution in [-0.2, 0) is 5.41 Å². The maximum atomic E-state index is 5.21. The lowest BCUT2D eigenvalue weighted by Gasteiger charge is -2.33. The van der Waals surface area contributed by atoms with Crippen LogP contribution in [0.25, 0.3) is 100 Å². The van der Waals surface area contributed by atoms with Crippen LogP contribution in [0.15, 0.2) is 249 Å². The van der Waals surface area contributed by atoms with Gasteiger partial charge >= 0.3 is 0 Å². The van der Waals surface area contributed by atoms with Gasteiger partial charge in [0.25, 0.3) is 0 Å². The molecule has 0 bridgehead atoms. The average molecular weight is 880 g/mol. The molecule has 5 heteroatoms. The summed E-state index contributed by atoms with van der Waals surface area (Å²) in [6.45, 7) is 0. The van der Waals surface area contributed by atoms with Crippen LogP contribution in [0.5, 0.6) is 0 Å². The zero-order valence-electron chi connectivity index (χ0n) is 37.4. The lowest BCUT2D eigenvalue weighted by molar-refractivity contribution is 0.768. The maximum Gasteiger partial charge on any atom is 0.164 e. The Morgan fingerprint density at radius 3 is 1.46 bits per heavy atom. The molecule has 0 amide bonds. The molecule has 69 heavy (non-hydrogen) atoms. The van der Waals surface area contributed by atoms with Crippen molar-refractivity contribution in [2.45, 2.75) is 5.41 Å². The summed E-state index contributed by atoms with van der Waals surface area (Å²) in [6.07, 6.45) is 3.72. The van der Waals surface area contributed by atoms with Crippen LogP contribution in [0.3, 0.4) is 0 Å². The Morgan fingerprint density at radius 2 is 0.797 bits per heavy atom. The number of fused-ring (bicyclic) bond motifs is 6. The van der Waals surface area contributed by atoms with E-state index in [0.717, 1.165) is 71.9 Å². The smallest absolute Gasteiger partial charge is 0.164 e. The summed E-state index contributed by atoms with van der Waals surface area (Å²) in [4.78, 5) is 24.9. The quantitative estimate of drug-likeness (QED) is 0.142. The molecule has 5 nitrogen and oxygen atoms in total. The molecule has 0 aliphatic heterocycles. The van der Waals surface area contributed by atoms with E-state index in [-0.39, 0.29) is 0 Å². The standard InChI is InChI=1S/C64H41N5/c1-5-16-45(17-6-1)61-67-62(46-18-7-2-8-19-46)69-63(68-61)50-39-48(42-27-29-43(30-28-42)53-35-37-66-60-55(53)33-31-44-20-15-36-65-59(44)60)38-49(40-50)47-32-34-58-56(41-47)54-25-13-14-26-57(54)64(58,51-21-9-3-10-22-51)52-23-11-4-12-24-52/h1-41H. The fourth-order valence-electron chi connectivity index (χ4n) is 10.5. The molecule has 322 valence electrons. The largest absolute Gasteiger partial charge is 0.254 e. The minimum atomic E-state index is -0.488. The van der Waals surface area contributed by atoms with E-state index in [4.69, 9.17) is 24.9 Å². The van der Waals surface area contributed by atoms with Crippen molar-refractivity contribution in [3.05, 3.63) is 271 Å². The molecule has 3 aromatic heterocycles. The molecule has 1 aliphatic carbocycles. The van der Waals surface area contributed by atoms with Crippen LogP contribution in [0.4, 0.5) is 0 Å². The van der Waals surface area contributed by atoms with Crippen LogP contribution in [0.2, 0.25) is 0 Å². The number of nitrogens with zero attached hydrogens (tertiary/aromatic N) is 5. The van der Waals surface area contributed by atoms with Crippen molar-refractivity contribution in [1.29, 1.82) is 0 Å². The van der Waals surface area contributed by atoms with E-state index in [9.17, 15) is 0 Å².